The van der Waals surface area contributed by atoms with Crippen LogP contribution in [-0.2, 0) is 11.2 Å². The summed E-state index contributed by atoms with van der Waals surface area (Å²) in [5, 5.41) is 3.82. The molecule has 1 saturated carbocycles. The molecule has 16 heavy (non-hydrogen) atoms. The molecule has 0 amide bonds. The molecular formula is C10H9N3O2S. The van der Waals surface area contributed by atoms with E-state index < -0.39 is 0 Å². The smallest absolute Gasteiger partial charge is 0.234 e. The molecule has 2 aromatic rings. The topological polar surface area (TPSA) is 68.9 Å². The third-order valence-electron chi connectivity index (χ3n) is 2.48. The van der Waals surface area contributed by atoms with Gasteiger partial charge in [-0.25, -0.2) is 0 Å². The van der Waals surface area contributed by atoms with E-state index in [2.05, 4.69) is 15.1 Å². The van der Waals surface area contributed by atoms with E-state index in [-0.39, 0.29) is 18.1 Å². The summed E-state index contributed by atoms with van der Waals surface area (Å²) in [5.41, 5.74) is 1.71. The lowest BCUT2D eigenvalue weighted by atomic mass is 10.2. The summed E-state index contributed by atoms with van der Waals surface area (Å²) in [5.74, 6) is 1.36. The SMILES string of the molecule is O=C(Cc1nc(-c2cncs2)no1)C1CC1. The van der Waals surface area contributed by atoms with E-state index in [4.69, 9.17) is 4.52 Å². The summed E-state index contributed by atoms with van der Waals surface area (Å²) in [6.07, 6.45) is 3.96. The van der Waals surface area contributed by atoms with Crippen LogP contribution in [0.25, 0.3) is 10.7 Å². The standard InChI is InChI=1S/C10H9N3O2S/c14-7(6-1-2-6)3-9-12-10(13-15-9)8-4-11-5-16-8/h4-6H,1-3H2. The second-order valence-electron chi connectivity index (χ2n) is 3.79. The predicted molar refractivity (Wildman–Crippen MR) is 56.8 cm³/mol. The fraction of sp³-hybridized carbons (Fsp3) is 0.400. The highest BCUT2D eigenvalue weighted by atomic mass is 32.1. The van der Waals surface area contributed by atoms with Crippen molar-refractivity contribution in [3.63, 3.8) is 0 Å². The van der Waals surface area contributed by atoms with Crippen LogP contribution in [0.15, 0.2) is 16.2 Å². The zero-order valence-corrected chi connectivity index (χ0v) is 9.24. The number of rotatable bonds is 4. The predicted octanol–water partition coefficient (Wildman–Crippen LogP) is 1.71. The Kier molecular flexibility index (Phi) is 2.28. The number of hydrogen-bond donors (Lipinski definition) is 0. The minimum atomic E-state index is 0.208. The third-order valence-corrected chi connectivity index (χ3v) is 3.25. The van der Waals surface area contributed by atoms with Crippen molar-refractivity contribution in [1.29, 1.82) is 0 Å². The number of ketones is 1. The summed E-state index contributed by atoms with van der Waals surface area (Å²) in [6.45, 7) is 0. The maximum atomic E-state index is 11.5. The molecular weight excluding hydrogens is 226 g/mol. The molecule has 2 aromatic heterocycles. The first-order valence-electron chi connectivity index (χ1n) is 5.07. The van der Waals surface area contributed by atoms with Crippen LogP contribution in [0.2, 0.25) is 0 Å². The fourth-order valence-corrected chi connectivity index (χ4v) is 2.00. The highest BCUT2D eigenvalue weighted by Crippen LogP contribution is 2.31. The highest BCUT2D eigenvalue weighted by molar-refractivity contribution is 7.13. The highest BCUT2D eigenvalue weighted by Gasteiger charge is 2.30. The molecule has 0 saturated heterocycles. The van der Waals surface area contributed by atoms with Gasteiger partial charge in [-0.1, -0.05) is 5.16 Å². The Morgan fingerprint density at radius 3 is 3.12 bits per heavy atom. The van der Waals surface area contributed by atoms with Crippen LogP contribution in [0.3, 0.4) is 0 Å². The molecule has 1 aliphatic rings. The lowest BCUT2D eigenvalue weighted by molar-refractivity contribution is -0.119. The molecule has 0 radical (unpaired) electrons. The number of thiazole rings is 1. The number of aromatic nitrogens is 3. The molecule has 0 spiro atoms. The van der Waals surface area contributed by atoms with Gasteiger partial charge in [0, 0.05) is 12.1 Å². The van der Waals surface area contributed by atoms with E-state index in [1.165, 1.54) is 11.3 Å². The number of nitrogens with zero attached hydrogens (tertiary/aromatic N) is 3. The van der Waals surface area contributed by atoms with Gasteiger partial charge in [-0.2, -0.15) is 4.98 Å². The van der Waals surface area contributed by atoms with Crippen molar-refractivity contribution in [3.05, 3.63) is 17.6 Å². The van der Waals surface area contributed by atoms with Gasteiger partial charge < -0.3 is 4.52 Å². The van der Waals surface area contributed by atoms with Gasteiger partial charge in [0.1, 0.15) is 5.78 Å². The normalized spacial score (nSPS) is 15.2. The zero-order chi connectivity index (χ0) is 11.0. The summed E-state index contributed by atoms with van der Waals surface area (Å²) < 4.78 is 5.03. The summed E-state index contributed by atoms with van der Waals surface area (Å²) in [7, 11) is 0. The van der Waals surface area contributed by atoms with Gasteiger partial charge in [-0.15, -0.1) is 11.3 Å². The minimum absolute atomic E-state index is 0.208. The maximum Gasteiger partial charge on any atom is 0.234 e. The van der Waals surface area contributed by atoms with Crippen molar-refractivity contribution in [2.75, 3.05) is 0 Å². The van der Waals surface area contributed by atoms with Gasteiger partial charge in [0.2, 0.25) is 11.7 Å². The molecule has 3 rings (SSSR count). The molecule has 1 aliphatic carbocycles. The Labute approximate surface area is 95.5 Å². The summed E-state index contributed by atoms with van der Waals surface area (Å²) in [6, 6.07) is 0. The molecule has 1 fully saturated rings. The molecule has 0 bridgehead atoms. The number of Topliss-reactive ketones (excluding diaryl/α,β-unsaturated/α-hetero) is 1. The van der Waals surface area contributed by atoms with Gasteiger partial charge in [-0.3, -0.25) is 9.78 Å². The first-order chi connectivity index (χ1) is 7.83. The second-order valence-corrected chi connectivity index (χ2v) is 4.68. The van der Waals surface area contributed by atoms with E-state index in [0.717, 1.165) is 17.7 Å². The lowest BCUT2D eigenvalue weighted by Gasteiger charge is -1.90. The molecule has 0 atom stereocenters. The van der Waals surface area contributed by atoms with Crippen molar-refractivity contribution in [3.8, 4) is 10.7 Å². The van der Waals surface area contributed by atoms with E-state index in [9.17, 15) is 4.79 Å². The Morgan fingerprint density at radius 1 is 1.56 bits per heavy atom. The van der Waals surface area contributed by atoms with Crippen molar-refractivity contribution >= 4 is 17.1 Å². The van der Waals surface area contributed by atoms with Crippen LogP contribution in [0.1, 0.15) is 18.7 Å². The molecule has 0 aliphatic heterocycles. The van der Waals surface area contributed by atoms with Crippen LogP contribution >= 0.6 is 11.3 Å². The average molecular weight is 235 g/mol. The molecule has 0 unspecified atom stereocenters. The minimum Gasteiger partial charge on any atom is -0.338 e. The number of carbonyl (C=O) groups is 1. The quantitative estimate of drug-likeness (QED) is 0.807. The second kappa shape index (κ2) is 3.79. The van der Waals surface area contributed by atoms with Gasteiger partial charge >= 0.3 is 0 Å². The van der Waals surface area contributed by atoms with Gasteiger partial charge in [0.25, 0.3) is 0 Å². The van der Waals surface area contributed by atoms with Gasteiger partial charge in [0.05, 0.1) is 16.8 Å². The number of carbonyl (C=O) groups excluding carboxylic acids is 1. The fourth-order valence-electron chi connectivity index (χ4n) is 1.45. The Hall–Kier alpha value is -1.56. The van der Waals surface area contributed by atoms with Crippen LogP contribution in [0.4, 0.5) is 0 Å². The van der Waals surface area contributed by atoms with E-state index in [0.29, 0.717) is 11.7 Å². The lowest BCUT2D eigenvalue weighted by Crippen LogP contribution is -2.04. The number of hydrogen-bond acceptors (Lipinski definition) is 6. The molecule has 0 aromatic carbocycles. The van der Waals surface area contributed by atoms with Crippen LogP contribution in [-0.4, -0.2) is 20.9 Å². The van der Waals surface area contributed by atoms with Crippen molar-refractivity contribution in [2.24, 2.45) is 5.92 Å². The van der Waals surface area contributed by atoms with Crippen LogP contribution < -0.4 is 0 Å². The largest absolute Gasteiger partial charge is 0.338 e. The van der Waals surface area contributed by atoms with Crippen LogP contribution in [0, 0.1) is 5.92 Å². The molecule has 6 heteroatoms. The Morgan fingerprint density at radius 2 is 2.44 bits per heavy atom. The first-order valence-corrected chi connectivity index (χ1v) is 5.95. The van der Waals surface area contributed by atoms with E-state index in [1.54, 1.807) is 11.7 Å². The van der Waals surface area contributed by atoms with E-state index in [1.807, 2.05) is 0 Å². The molecule has 0 N–H and O–H groups in total. The monoisotopic (exact) mass is 235 g/mol. The van der Waals surface area contributed by atoms with Crippen molar-refractivity contribution in [1.82, 2.24) is 15.1 Å². The molecule has 5 nitrogen and oxygen atoms in total. The van der Waals surface area contributed by atoms with E-state index >= 15 is 0 Å². The Balaban J connectivity index is 1.75. The maximum absolute atomic E-state index is 11.5. The first kappa shape index (κ1) is 9.65. The van der Waals surface area contributed by atoms with Crippen molar-refractivity contribution in [2.45, 2.75) is 19.3 Å². The average Bonchev–Trinajstić information content (AvgIpc) is 2.80. The summed E-state index contributed by atoms with van der Waals surface area (Å²) >= 11 is 1.45. The summed E-state index contributed by atoms with van der Waals surface area (Å²) in [4.78, 5) is 20.5. The molecule has 82 valence electrons. The zero-order valence-electron chi connectivity index (χ0n) is 8.42. The third kappa shape index (κ3) is 1.88. The van der Waals surface area contributed by atoms with Gasteiger partial charge in [-0.05, 0) is 12.8 Å². The van der Waals surface area contributed by atoms with Crippen molar-refractivity contribution < 1.29 is 9.32 Å². The van der Waals surface area contributed by atoms with Gasteiger partial charge in [0.15, 0.2) is 0 Å². The molecule has 2 heterocycles. The van der Waals surface area contributed by atoms with Crippen LogP contribution in [0.5, 0.6) is 0 Å². The Bertz CT molecular complexity index is 502.